The topological polar surface area (TPSA) is 66.5 Å². The van der Waals surface area contributed by atoms with Crippen molar-refractivity contribution in [3.8, 4) is 17.0 Å². The van der Waals surface area contributed by atoms with Crippen molar-refractivity contribution in [1.82, 2.24) is 20.0 Å². The van der Waals surface area contributed by atoms with E-state index in [9.17, 15) is 4.79 Å². The molecule has 35 heavy (non-hydrogen) atoms. The second kappa shape index (κ2) is 10.2. The van der Waals surface area contributed by atoms with Gasteiger partial charge in [0.15, 0.2) is 0 Å². The molecule has 5 rings (SSSR count). The fourth-order valence-electron chi connectivity index (χ4n) is 4.57. The maximum atomic E-state index is 12.9. The van der Waals surface area contributed by atoms with Crippen molar-refractivity contribution < 1.29 is 9.21 Å². The molecular weight excluding hydrogens is 438 g/mol. The van der Waals surface area contributed by atoms with Gasteiger partial charge in [0.25, 0.3) is 0 Å². The molecule has 0 saturated carbocycles. The zero-order valence-electron chi connectivity index (χ0n) is 20.3. The number of nitrogens with one attached hydrogen (secondary N) is 1. The molecule has 1 N–H and O–H groups in total. The molecular formula is C28H31N5O2. The number of amides is 1. The lowest BCUT2D eigenvalue weighted by Gasteiger charge is -2.37. The molecule has 1 saturated heterocycles. The Bertz CT molecular complexity index is 1270. The Labute approximate surface area is 206 Å². The van der Waals surface area contributed by atoms with Crippen LogP contribution in [0.3, 0.4) is 0 Å². The standard InChI is InChI=1S/C28H31N5O2/c1-21-8-6-11-26(22(21)2)31-13-15-32(16-14-31)28(34)19-29-18-25-24(27-12-7-17-35-27)20-33(30-25)23-9-4-3-5-10-23/h3-12,17,20,29H,13-16,18-19H2,1-2H3. The van der Waals surface area contributed by atoms with E-state index in [1.165, 1.54) is 16.8 Å². The summed E-state index contributed by atoms with van der Waals surface area (Å²) >= 11 is 0. The maximum Gasteiger partial charge on any atom is 0.236 e. The number of para-hydroxylation sites is 1. The number of rotatable bonds is 7. The van der Waals surface area contributed by atoms with Crippen molar-refractivity contribution in [3.05, 3.63) is 89.9 Å². The van der Waals surface area contributed by atoms with Gasteiger partial charge in [-0.05, 0) is 55.3 Å². The van der Waals surface area contributed by atoms with Crippen LogP contribution in [0.25, 0.3) is 17.0 Å². The number of piperazine rings is 1. The highest BCUT2D eigenvalue weighted by Crippen LogP contribution is 2.26. The average molecular weight is 470 g/mol. The molecule has 3 heterocycles. The Morgan fingerprint density at radius 3 is 2.51 bits per heavy atom. The van der Waals surface area contributed by atoms with E-state index < -0.39 is 0 Å². The second-order valence-electron chi connectivity index (χ2n) is 8.94. The van der Waals surface area contributed by atoms with Gasteiger partial charge in [-0.15, -0.1) is 0 Å². The van der Waals surface area contributed by atoms with E-state index in [0.717, 1.165) is 48.9 Å². The fraction of sp³-hybridized carbons (Fsp3) is 0.286. The summed E-state index contributed by atoms with van der Waals surface area (Å²) in [4.78, 5) is 17.2. The lowest BCUT2D eigenvalue weighted by atomic mass is 10.1. The number of carbonyl (C=O) groups is 1. The van der Waals surface area contributed by atoms with Crippen LogP contribution in [0.2, 0.25) is 0 Å². The first kappa shape index (κ1) is 22.9. The Balaban J connectivity index is 1.19. The summed E-state index contributed by atoms with van der Waals surface area (Å²) in [6.07, 6.45) is 3.63. The SMILES string of the molecule is Cc1cccc(N2CCN(C(=O)CNCc3nn(-c4ccccc4)cc3-c3ccco3)CC2)c1C. The minimum atomic E-state index is 0.118. The third-order valence-corrected chi connectivity index (χ3v) is 6.72. The highest BCUT2D eigenvalue weighted by molar-refractivity contribution is 5.78. The molecule has 1 amide bonds. The van der Waals surface area contributed by atoms with Gasteiger partial charge in [-0.3, -0.25) is 4.79 Å². The highest BCUT2D eigenvalue weighted by Gasteiger charge is 2.22. The van der Waals surface area contributed by atoms with E-state index in [4.69, 9.17) is 9.52 Å². The molecule has 7 nitrogen and oxygen atoms in total. The van der Waals surface area contributed by atoms with Crippen molar-refractivity contribution >= 4 is 11.6 Å². The zero-order chi connectivity index (χ0) is 24.2. The summed E-state index contributed by atoms with van der Waals surface area (Å²) in [6.45, 7) is 8.22. The van der Waals surface area contributed by atoms with E-state index in [1.54, 1.807) is 6.26 Å². The third kappa shape index (κ3) is 5.00. The molecule has 0 unspecified atom stereocenters. The van der Waals surface area contributed by atoms with Crippen LogP contribution in [0.5, 0.6) is 0 Å². The lowest BCUT2D eigenvalue weighted by Crippen LogP contribution is -2.51. The Morgan fingerprint density at radius 1 is 0.971 bits per heavy atom. The molecule has 0 aliphatic carbocycles. The number of anilines is 1. The minimum absolute atomic E-state index is 0.118. The highest BCUT2D eigenvalue weighted by atomic mass is 16.3. The van der Waals surface area contributed by atoms with Gasteiger partial charge in [0.2, 0.25) is 5.91 Å². The smallest absolute Gasteiger partial charge is 0.236 e. The molecule has 0 spiro atoms. The molecule has 0 bridgehead atoms. The van der Waals surface area contributed by atoms with Crippen LogP contribution in [0, 0.1) is 13.8 Å². The van der Waals surface area contributed by atoms with E-state index >= 15 is 0 Å². The van der Waals surface area contributed by atoms with Gasteiger partial charge in [-0.1, -0.05) is 30.3 Å². The van der Waals surface area contributed by atoms with Crippen LogP contribution in [0.4, 0.5) is 5.69 Å². The number of hydrogen-bond donors (Lipinski definition) is 1. The van der Waals surface area contributed by atoms with Crippen molar-refractivity contribution in [2.45, 2.75) is 20.4 Å². The quantitative estimate of drug-likeness (QED) is 0.440. The lowest BCUT2D eigenvalue weighted by molar-refractivity contribution is -0.130. The Kier molecular flexibility index (Phi) is 6.68. The summed E-state index contributed by atoms with van der Waals surface area (Å²) in [7, 11) is 0. The van der Waals surface area contributed by atoms with Crippen LogP contribution in [-0.2, 0) is 11.3 Å². The van der Waals surface area contributed by atoms with Gasteiger partial charge < -0.3 is 19.5 Å². The molecule has 0 atom stereocenters. The first-order chi connectivity index (χ1) is 17.1. The molecule has 2 aromatic heterocycles. The number of hydrogen-bond acceptors (Lipinski definition) is 5. The predicted molar refractivity (Wildman–Crippen MR) is 138 cm³/mol. The van der Waals surface area contributed by atoms with Crippen LogP contribution in [0.15, 0.2) is 77.5 Å². The summed E-state index contributed by atoms with van der Waals surface area (Å²) in [5.74, 6) is 0.880. The Hall–Kier alpha value is -3.84. The molecule has 1 aliphatic heterocycles. The molecule has 180 valence electrons. The number of benzene rings is 2. The normalized spacial score (nSPS) is 13.9. The summed E-state index contributed by atoms with van der Waals surface area (Å²) in [5, 5.41) is 8.07. The van der Waals surface area contributed by atoms with Crippen molar-refractivity contribution in [2.75, 3.05) is 37.6 Å². The molecule has 7 heteroatoms. The van der Waals surface area contributed by atoms with Gasteiger partial charge >= 0.3 is 0 Å². The average Bonchev–Trinajstić information content (AvgIpc) is 3.57. The summed E-state index contributed by atoms with van der Waals surface area (Å²) < 4.78 is 7.48. The largest absolute Gasteiger partial charge is 0.464 e. The Morgan fingerprint density at radius 2 is 1.77 bits per heavy atom. The molecule has 1 aliphatic rings. The van der Waals surface area contributed by atoms with Crippen LogP contribution in [-0.4, -0.2) is 53.3 Å². The molecule has 4 aromatic rings. The maximum absolute atomic E-state index is 12.9. The van der Waals surface area contributed by atoms with E-state index in [1.807, 2.05) is 58.2 Å². The summed E-state index contributed by atoms with van der Waals surface area (Å²) in [5.41, 5.74) is 6.63. The van der Waals surface area contributed by atoms with Gasteiger partial charge in [0.05, 0.1) is 29.8 Å². The van der Waals surface area contributed by atoms with E-state index in [2.05, 4.69) is 42.3 Å². The van der Waals surface area contributed by atoms with Gasteiger partial charge in [-0.2, -0.15) is 5.10 Å². The van der Waals surface area contributed by atoms with Crippen molar-refractivity contribution in [3.63, 3.8) is 0 Å². The summed E-state index contributed by atoms with van der Waals surface area (Å²) in [6, 6.07) is 20.2. The first-order valence-electron chi connectivity index (χ1n) is 12.1. The van der Waals surface area contributed by atoms with Crippen molar-refractivity contribution in [2.24, 2.45) is 0 Å². The number of aryl methyl sites for hydroxylation is 1. The molecule has 0 radical (unpaired) electrons. The molecule has 1 fully saturated rings. The third-order valence-electron chi connectivity index (χ3n) is 6.72. The number of aromatic nitrogens is 2. The monoisotopic (exact) mass is 469 g/mol. The van der Waals surface area contributed by atoms with Gasteiger partial charge in [0, 0.05) is 44.6 Å². The van der Waals surface area contributed by atoms with Crippen molar-refractivity contribution in [1.29, 1.82) is 0 Å². The van der Waals surface area contributed by atoms with Gasteiger partial charge in [-0.25, -0.2) is 4.68 Å². The van der Waals surface area contributed by atoms with E-state index in [0.29, 0.717) is 6.54 Å². The number of carbonyl (C=O) groups excluding carboxylic acids is 1. The minimum Gasteiger partial charge on any atom is -0.464 e. The first-order valence-corrected chi connectivity index (χ1v) is 12.1. The fourth-order valence-corrected chi connectivity index (χ4v) is 4.57. The van der Waals surface area contributed by atoms with Gasteiger partial charge in [0.1, 0.15) is 5.76 Å². The zero-order valence-corrected chi connectivity index (χ0v) is 20.3. The number of nitrogens with zero attached hydrogens (tertiary/aromatic N) is 4. The number of furan rings is 1. The van der Waals surface area contributed by atoms with Crippen LogP contribution < -0.4 is 10.2 Å². The van der Waals surface area contributed by atoms with Crippen LogP contribution >= 0.6 is 0 Å². The van der Waals surface area contributed by atoms with Crippen LogP contribution in [0.1, 0.15) is 16.8 Å². The predicted octanol–water partition coefficient (Wildman–Crippen LogP) is 4.19. The second-order valence-corrected chi connectivity index (χ2v) is 8.94. The van der Waals surface area contributed by atoms with E-state index in [-0.39, 0.29) is 12.5 Å². The molecule has 2 aromatic carbocycles.